The Morgan fingerprint density at radius 2 is 1.71 bits per heavy atom. The first-order valence-corrected chi connectivity index (χ1v) is 14.6. The minimum absolute atomic E-state index is 0.0185. The van der Waals surface area contributed by atoms with Crippen LogP contribution in [0.1, 0.15) is 119 Å². The molecule has 0 aromatic carbocycles. The van der Waals surface area contributed by atoms with E-state index in [9.17, 15) is 14.4 Å². The second kappa shape index (κ2) is 10.2. The summed E-state index contributed by atoms with van der Waals surface area (Å²) in [6.45, 7) is 11.9. The Labute approximate surface area is 244 Å². The van der Waals surface area contributed by atoms with Crippen molar-refractivity contribution < 1.29 is 19.1 Å². The van der Waals surface area contributed by atoms with Gasteiger partial charge < -0.3 is 14.7 Å². The number of H-pyrrole nitrogens is 2. The van der Waals surface area contributed by atoms with E-state index in [0.29, 0.717) is 17.5 Å². The van der Waals surface area contributed by atoms with Gasteiger partial charge in [0.2, 0.25) is 0 Å². The average Bonchev–Trinajstić information content (AvgIpc) is 3.70. The van der Waals surface area contributed by atoms with Gasteiger partial charge in [0, 0.05) is 63.8 Å². The molecule has 3 aromatic heterocycles. The smallest absolute Gasteiger partial charge is 0.305 e. The molecule has 8 nitrogen and oxygen atoms in total. The monoisotopic (exact) mass is 564 g/mol. The number of hydrogen-bond acceptors (Lipinski definition) is 6. The van der Waals surface area contributed by atoms with E-state index in [2.05, 4.69) is 29.9 Å². The van der Waals surface area contributed by atoms with Gasteiger partial charge in [-0.25, -0.2) is 4.98 Å². The standard InChI is InChI=1S/C34H36N4O4/c1-8-20-15(2)23-14-28-31(19(6)39)17(4)25(36-28)12-24-16(3)21(9-10-30(41)42-7)33(37-24)22-11-29(40)32-18(5)26(38-34(22)32)13-27(20)35-23/h12-15,20,36,38H,8-11H2,1-7H3/t15-,20-/m1/s1. The number of rotatable bonds is 5. The van der Waals surface area contributed by atoms with Gasteiger partial charge in [-0.05, 0) is 81.0 Å². The molecule has 5 heterocycles. The highest BCUT2D eigenvalue weighted by atomic mass is 16.5. The van der Waals surface area contributed by atoms with Gasteiger partial charge in [0.1, 0.15) is 0 Å². The number of carbonyl (C=O) groups is 3. The van der Waals surface area contributed by atoms with Gasteiger partial charge >= 0.3 is 5.97 Å². The number of aromatic nitrogens is 4. The third-order valence-electron chi connectivity index (χ3n) is 9.34. The van der Waals surface area contributed by atoms with Crippen LogP contribution in [0.5, 0.6) is 0 Å². The molecule has 6 rings (SSSR count). The first-order chi connectivity index (χ1) is 20.0. The van der Waals surface area contributed by atoms with Crippen LogP contribution in [0, 0.1) is 13.8 Å². The zero-order valence-electron chi connectivity index (χ0n) is 25.2. The number of Topliss-reactive ketones (excluding diaryl/α,β-unsaturated/α-hetero) is 2. The van der Waals surface area contributed by atoms with Crippen molar-refractivity contribution in [3.63, 3.8) is 0 Å². The maximum Gasteiger partial charge on any atom is 0.305 e. The quantitative estimate of drug-likeness (QED) is 0.253. The summed E-state index contributed by atoms with van der Waals surface area (Å²) in [6.07, 6.45) is 1.80. The number of esters is 1. The number of carbonyl (C=O) groups excluding carboxylic acids is 3. The fraction of sp³-hybridized carbons (Fsp3) is 0.382. The van der Waals surface area contributed by atoms with E-state index in [-0.39, 0.29) is 42.2 Å². The van der Waals surface area contributed by atoms with E-state index < -0.39 is 0 Å². The van der Waals surface area contributed by atoms with Crippen molar-refractivity contribution in [3.05, 3.63) is 68.8 Å². The molecule has 0 fully saturated rings. The Morgan fingerprint density at radius 3 is 2.40 bits per heavy atom. The number of fused-ring (bicyclic) bond motifs is 8. The van der Waals surface area contributed by atoms with Gasteiger partial charge in [-0.2, -0.15) is 0 Å². The minimum Gasteiger partial charge on any atom is -0.469 e. The number of aromatic amines is 2. The molecule has 8 bridgehead atoms. The first kappa shape index (κ1) is 27.8. The predicted molar refractivity (Wildman–Crippen MR) is 164 cm³/mol. The second-order valence-electron chi connectivity index (χ2n) is 11.7. The van der Waals surface area contributed by atoms with Crippen LogP contribution in [0.2, 0.25) is 0 Å². The lowest BCUT2D eigenvalue weighted by molar-refractivity contribution is -0.140. The summed E-state index contributed by atoms with van der Waals surface area (Å²) in [4.78, 5) is 55.7. The summed E-state index contributed by atoms with van der Waals surface area (Å²) < 4.78 is 4.93. The molecule has 0 unspecified atom stereocenters. The predicted octanol–water partition coefficient (Wildman–Crippen LogP) is 7.05. The molecule has 1 aliphatic carbocycles. The molecule has 0 spiro atoms. The van der Waals surface area contributed by atoms with Crippen LogP contribution < -0.4 is 0 Å². The molecular weight excluding hydrogens is 528 g/mol. The van der Waals surface area contributed by atoms with E-state index in [1.807, 2.05) is 32.9 Å². The SMILES string of the molecule is CC[C@H]1c2cc3[nH]c4c(c5nc(cc6[nH]c(cc(n2)[C@@H]1C)c(C(C)=O)c6C)C(C)=C5CCC(=O)OC)CC(=O)c4c3C. The van der Waals surface area contributed by atoms with E-state index >= 15 is 0 Å². The van der Waals surface area contributed by atoms with Crippen molar-refractivity contribution in [3.8, 4) is 0 Å². The molecule has 2 atom stereocenters. The number of nitrogens with zero attached hydrogens (tertiary/aromatic N) is 2. The van der Waals surface area contributed by atoms with Crippen molar-refractivity contribution in [2.75, 3.05) is 7.11 Å². The minimum atomic E-state index is -0.300. The molecule has 0 saturated heterocycles. The van der Waals surface area contributed by atoms with Crippen molar-refractivity contribution in [2.24, 2.45) is 0 Å². The van der Waals surface area contributed by atoms with Gasteiger partial charge in [-0.1, -0.05) is 13.8 Å². The highest BCUT2D eigenvalue weighted by Crippen LogP contribution is 2.42. The van der Waals surface area contributed by atoms with Crippen LogP contribution in [0.15, 0.2) is 18.2 Å². The van der Waals surface area contributed by atoms with E-state index in [0.717, 1.165) is 79.1 Å². The van der Waals surface area contributed by atoms with Crippen LogP contribution in [0.4, 0.5) is 0 Å². The first-order valence-electron chi connectivity index (χ1n) is 14.6. The number of hydrogen-bond donors (Lipinski definition) is 2. The molecule has 2 aliphatic heterocycles. The van der Waals surface area contributed by atoms with Crippen LogP contribution in [0.25, 0.3) is 33.2 Å². The van der Waals surface area contributed by atoms with Gasteiger partial charge in [-0.3, -0.25) is 19.4 Å². The van der Waals surface area contributed by atoms with Gasteiger partial charge in [0.25, 0.3) is 0 Å². The largest absolute Gasteiger partial charge is 0.469 e. The molecule has 0 radical (unpaired) electrons. The van der Waals surface area contributed by atoms with Gasteiger partial charge in [-0.15, -0.1) is 0 Å². The lowest BCUT2D eigenvalue weighted by Gasteiger charge is -2.12. The summed E-state index contributed by atoms with van der Waals surface area (Å²) in [5.74, 6) is 0.112. The molecular formula is C34H36N4O4. The highest BCUT2D eigenvalue weighted by Gasteiger charge is 2.32. The molecule has 8 heteroatoms. The van der Waals surface area contributed by atoms with E-state index in [4.69, 9.17) is 14.7 Å². The molecule has 3 aromatic rings. The fourth-order valence-electron chi connectivity index (χ4n) is 6.94. The summed E-state index contributed by atoms with van der Waals surface area (Å²) in [5, 5.41) is 0. The second-order valence-corrected chi connectivity index (χ2v) is 11.7. The van der Waals surface area contributed by atoms with Crippen LogP contribution >= 0.6 is 0 Å². The summed E-state index contributed by atoms with van der Waals surface area (Å²) in [6, 6.07) is 6.06. The number of aryl methyl sites for hydroxylation is 2. The number of nitrogens with one attached hydrogen (secondary N) is 2. The third kappa shape index (κ3) is 4.23. The zero-order chi connectivity index (χ0) is 30.0. The number of methoxy groups -OCH3 is 1. The van der Waals surface area contributed by atoms with Crippen LogP contribution in [-0.2, 0) is 16.0 Å². The van der Waals surface area contributed by atoms with Crippen LogP contribution in [-0.4, -0.2) is 44.6 Å². The Morgan fingerprint density at radius 1 is 1.00 bits per heavy atom. The maximum absolute atomic E-state index is 13.4. The zero-order valence-corrected chi connectivity index (χ0v) is 25.2. The third-order valence-corrected chi connectivity index (χ3v) is 9.34. The normalized spacial score (nSPS) is 17.7. The molecule has 0 saturated carbocycles. The summed E-state index contributed by atoms with van der Waals surface area (Å²) in [5.41, 5.74) is 12.4. The average molecular weight is 565 g/mol. The molecule has 216 valence electrons. The molecule has 42 heavy (non-hydrogen) atoms. The number of ether oxygens (including phenoxy) is 1. The lowest BCUT2D eigenvalue weighted by atomic mass is 9.89. The summed E-state index contributed by atoms with van der Waals surface area (Å²) >= 11 is 0. The van der Waals surface area contributed by atoms with Crippen molar-refractivity contribution in [1.29, 1.82) is 0 Å². The van der Waals surface area contributed by atoms with Crippen molar-refractivity contribution in [2.45, 2.75) is 79.1 Å². The summed E-state index contributed by atoms with van der Waals surface area (Å²) in [7, 11) is 1.38. The Hall–Kier alpha value is -4.33. The Bertz CT molecular complexity index is 1910. The molecule has 0 amide bonds. The van der Waals surface area contributed by atoms with Crippen molar-refractivity contribution in [1.82, 2.24) is 19.9 Å². The van der Waals surface area contributed by atoms with E-state index in [1.165, 1.54) is 7.11 Å². The topological polar surface area (TPSA) is 118 Å². The Balaban J connectivity index is 1.77. The van der Waals surface area contributed by atoms with E-state index in [1.54, 1.807) is 6.92 Å². The number of allylic oxidation sites excluding steroid dienone is 2. The van der Waals surface area contributed by atoms with Crippen molar-refractivity contribution >= 4 is 50.7 Å². The number of ketones is 2. The van der Waals surface area contributed by atoms with Gasteiger partial charge in [0.05, 0.1) is 29.5 Å². The maximum atomic E-state index is 13.4. The van der Waals surface area contributed by atoms with Crippen LogP contribution in [0.3, 0.4) is 0 Å². The highest BCUT2D eigenvalue weighted by molar-refractivity contribution is 6.14. The van der Waals surface area contributed by atoms with Gasteiger partial charge in [0.15, 0.2) is 11.6 Å². The fourth-order valence-corrected chi connectivity index (χ4v) is 6.94. The lowest BCUT2D eigenvalue weighted by Crippen LogP contribution is -2.02. The molecule has 3 aliphatic rings. The Kier molecular flexibility index (Phi) is 6.75. The molecule has 2 N–H and O–H groups in total.